The lowest BCUT2D eigenvalue weighted by molar-refractivity contribution is -0.402. The van der Waals surface area contributed by atoms with Crippen molar-refractivity contribution < 1.29 is 18.9 Å². The average Bonchev–Trinajstić information content (AvgIpc) is 2.91. The number of hydrogen-bond acceptors (Lipinski definition) is 6. The van der Waals surface area contributed by atoms with E-state index in [9.17, 15) is 19.7 Å². The predicted octanol–water partition coefficient (Wildman–Crippen LogP) is 1.86. The van der Waals surface area contributed by atoms with E-state index in [1.165, 1.54) is 12.1 Å². The van der Waals surface area contributed by atoms with Crippen LogP contribution in [0.2, 0.25) is 0 Å². The number of furan rings is 1. The van der Waals surface area contributed by atoms with Crippen LogP contribution < -0.4 is 0 Å². The number of thioether (sulfide) groups is 1. The van der Waals surface area contributed by atoms with E-state index < -0.39 is 22.0 Å². The second-order valence-electron chi connectivity index (χ2n) is 3.41. The molecule has 0 N–H and O–H groups in total. The molecule has 0 aromatic carbocycles. The van der Waals surface area contributed by atoms with Crippen LogP contribution in [-0.2, 0) is 4.79 Å². The number of imide groups is 1. The summed E-state index contributed by atoms with van der Waals surface area (Å²) < 4.78 is 4.87. The van der Waals surface area contributed by atoms with Gasteiger partial charge in [0.25, 0.3) is 11.1 Å². The molecular weight excluding hydrogens is 272 g/mol. The first-order chi connectivity index (χ1) is 9.02. The van der Waals surface area contributed by atoms with Crippen LogP contribution in [0, 0.1) is 22.5 Å². The van der Waals surface area contributed by atoms with E-state index in [1.807, 2.05) is 0 Å². The van der Waals surface area contributed by atoms with Crippen molar-refractivity contribution >= 4 is 34.9 Å². The van der Waals surface area contributed by atoms with E-state index in [0.717, 1.165) is 11.0 Å². The first-order valence-corrected chi connectivity index (χ1v) is 5.77. The number of hydrogen-bond donors (Lipinski definition) is 0. The van der Waals surface area contributed by atoms with Gasteiger partial charge in [0, 0.05) is 6.08 Å². The SMILES string of the molecule is C#CCN1C(=O)S/C(=C/c2ccc([N+](=O)[O-])o2)C1=O. The minimum Gasteiger partial charge on any atom is -0.401 e. The van der Waals surface area contributed by atoms with Gasteiger partial charge >= 0.3 is 5.88 Å². The Kier molecular flexibility index (Phi) is 3.39. The van der Waals surface area contributed by atoms with Crippen molar-refractivity contribution in [2.45, 2.75) is 0 Å². The summed E-state index contributed by atoms with van der Waals surface area (Å²) >= 11 is 0.707. The molecule has 2 heterocycles. The van der Waals surface area contributed by atoms with Crippen molar-refractivity contribution in [2.24, 2.45) is 0 Å². The summed E-state index contributed by atoms with van der Waals surface area (Å²) in [5.74, 6) is 1.36. The van der Waals surface area contributed by atoms with Crippen LogP contribution in [0.5, 0.6) is 0 Å². The topological polar surface area (TPSA) is 93.7 Å². The predicted molar refractivity (Wildman–Crippen MR) is 66.9 cm³/mol. The highest BCUT2D eigenvalue weighted by molar-refractivity contribution is 8.18. The van der Waals surface area contributed by atoms with Crippen LogP contribution in [0.1, 0.15) is 5.76 Å². The lowest BCUT2D eigenvalue weighted by atomic mass is 10.3. The van der Waals surface area contributed by atoms with Gasteiger partial charge < -0.3 is 4.42 Å². The zero-order valence-corrected chi connectivity index (χ0v) is 10.2. The zero-order chi connectivity index (χ0) is 14.0. The minimum atomic E-state index is -0.693. The Morgan fingerprint density at radius 2 is 2.26 bits per heavy atom. The normalized spacial score (nSPS) is 17.0. The molecule has 0 aliphatic carbocycles. The third-order valence-electron chi connectivity index (χ3n) is 2.19. The Morgan fingerprint density at radius 1 is 1.53 bits per heavy atom. The maximum atomic E-state index is 11.8. The van der Waals surface area contributed by atoms with E-state index >= 15 is 0 Å². The van der Waals surface area contributed by atoms with E-state index in [0.29, 0.717) is 11.8 Å². The van der Waals surface area contributed by atoms with Gasteiger partial charge in [-0.15, -0.1) is 6.42 Å². The van der Waals surface area contributed by atoms with Crippen molar-refractivity contribution in [2.75, 3.05) is 6.54 Å². The van der Waals surface area contributed by atoms with Gasteiger partial charge in [0.2, 0.25) is 0 Å². The highest BCUT2D eigenvalue weighted by Gasteiger charge is 2.34. The number of carbonyl (C=O) groups excluding carboxylic acids is 2. The van der Waals surface area contributed by atoms with E-state index in [4.69, 9.17) is 10.8 Å². The fourth-order valence-electron chi connectivity index (χ4n) is 1.37. The molecule has 96 valence electrons. The molecule has 1 aliphatic heterocycles. The van der Waals surface area contributed by atoms with E-state index in [2.05, 4.69) is 5.92 Å². The fraction of sp³-hybridized carbons (Fsp3) is 0.0909. The smallest absolute Gasteiger partial charge is 0.401 e. The molecule has 0 spiro atoms. The quantitative estimate of drug-likeness (QED) is 0.362. The molecule has 2 amide bonds. The highest BCUT2D eigenvalue weighted by atomic mass is 32.2. The van der Waals surface area contributed by atoms with Crippen LogP contribution in [0.15, 0.2) is 21.5 Å². The molecule has 0 radical (unpaired) electrons. The molecule has 0 unspecified atom stereocenters. The van der Waals surface area contributed by atoms with Gasteiger partial charge in [0.15, 0.2) is 0 Å². The van der Waals surface area contributed by atoms with Gasteiger partial charge in [-0.05, 0) is 17.8 Å². The van der Waals surface area contributed by atoms with Crippen molar-refractivity contribution in [3.8, 4) is 12.3 Å². The molecule has 19 heavy (non-hydrogen) atoms. The molecule has 1 aromatic rings. The average molecular weight is 278 g/mol. The summed E-state index contributed by atoms with van der Waals surface area (Å²) in [4.78, 5) is 34.0. The number of carbonyl (C=O) groups is 2. The van der Waals surface area contributed by atoms with Gasteiger partial charge in [0.05, 0.1) is 17.5 Å². The summed E-state index contributed by atoms with van der Waals surface area (Å²) in [6.45, 7) is -0.111. The van der Waals surface area contributed by atoms with Crippen LogP contribution >= 0.6 is 11.8 Å². The summed E-state index contributed by atoms with van der Waals surface area (Å²) in [6, 6.07) is 2.50. The number of terminal acetylenes is 1. The van der Waals surface area contributed by atoms with Crippen molar-refractivity contribution in [3.05, 3.63) is 32.9 Å². The number of nitro groups is 1. The molecule has 7 nitrogen and oxygen atoms in total. The molecule has 1 aromatic heterocycles. The molecule has 0 bridgehead atoms. The summed E-state index contributed by atoms with van der Waals surface area (Å²) in [5, 5.41) is 9.96. The van der Waals surface area contributed by atoms with Crippen molar-refractivity contribution in [1.29, 1.82) is 0 Å². The van der Waals surface area contributed by atoms with E-state index in [1.54, 1.807) is 0 Å². The van der Waals surface area contributed by atoms with Crippen LogP contribution in [0.25, 0.3) is 6.08 Å². The maximum Gasteiger partial charge on any atom is 0.433 e. The Bertz CT molecular complexity index is 640. The highest BCUT2D eigenvalue weighted by Crippen LogP contribution is 2.32. The largest absolute Gasteiger partial charge is 0.433 e. The number of amides is 2. The van der Waals surface area contributed by atoms with Crippen LogP contribution in [-0.4, -0.2) is 27.5 Å². The monoisotopic (exact) mass is 278 g/mol. The Morgan fingerprint density at radius 3 is 2.84 bits per heavy atom. The second kappa shape index (κ2) is 4.99. The number of nitrogens with zero attached hydrogens (tertiary/aromatic N) is 2. The molecule has 1 aliphatic rings. The molecule has 0 saturated carbocycles. The maximum absolute atomic E-state index is 11.8. The summed E-state index contributed by atoms with van der Waals surface area (Å²) in [6.07, 6.45) is 6.32. The van der Waals surface area contributed by atoms with Gasteiger partial charge in [0.1, 0.15) is 10.7 Å². The van der Waals surface area contributed by atoms with Gasteiger partial charge in [-0.25, -0.2) is 0 Å². The van der Waals surface area contributed by atoms with E-state index in [-0.39, 0.29) is 17.2 Å². The second-order valence-corrected chi connectivity index (χ2v) is 4.40. The minimum absolute atomic E-state index is 0.111. The van der Waals surface area contributed by atoms with Gasteiger partial charge in [-0.1, -0.05) is 5.92 Å². The fourth-order valence-corrected chi connectivity index (χ4v) is 2.19. The molecular formula is C11H6N2O5S. The molecule has 2 rings (SSSR count). The molecule has 0 atom stereocenters. The third-order valence-corrected chi connectivity index (χ3v) is 3.10. The summed E-state index contributed by atoms with van der Waals surface area (Å²) in [7, 11) is 0. The van der Waals surface area contributed by atoms with Gasteiger partial charge in [-0.3, -0.25) is 24.6 Å². The molecule has 1 saturated heterocycles. The van der Waals surface area contributed by atoms with Crippen molar-refractivity contribution in [1.82, 2.24) is 4.90 Å². The first kappa shape index (κ1) is 12.9. The standard InChI is InChI=1S/C11H6N2O5S/c1-2-5-12-10(14)8(19-11(12)15)6-7-3-4-9(18-7)13(16)17/h1,3-4,6H,5H2/b8-6+. The lowest BCUT2D eigenvalue weighted by Gasteiger charge is -2.06. The lowest BCUT2D eigenvalue weighted by Crippen LogP contribution is -2.28. The number of rotatable bonds is 3. The summed E-state index contributed by atoms with van der Waals surface area (Å²) in [5.41, 5.74) is 0. The Balaban J connectivity index is 2.25. The first-order valence-electron chi connectivity index (χ1n) is 4.96. The van der Waals surface area contributed by atoms with Crippen LogP contribution in [0.4, 0.5) is 10.7 Å². The third kappa shape index (κ3) is 2.51. The molecule has 8 heteroatoms. The Labute approximate surface area is 111 Å². The van der Waals surface area contributed by atoms with Crippen LogP contribution in [0.3, 0.4) is 0 Å². The van der Waals surface area contributed by atoms with Crippen molar-refractivity contribution in [3.63, 3.8) is 0 Å². The zero-order valence-electron chi connectivity index (χ0n) is 9.36. The molecule has 1 fully saturated rings. The van der Waals surface area contributed by atoms with Gasteiger partial charge in [-0.2, -0.15) is 0 Å². The Hall–Kier alpha value is -2.53.